The van der Waals surface area contributed by atoms with Crippen LogP contribution < -0.4 is 16.2 Å². The minimum atomic E-state index is -4.57. The Labute approximate surface area is 161 Å². The number of para-hydroxylation sites is 1. The molecular formula is C19H25F3N4O2. The van der Waals surface area contributed by atoms with E-state index in [4.69, 9.17) is 0 Å². The average Bonchev–Trinajstić information content (AvgIpc) is 3.14. The van der Waals surface area contributed by atoms with Crippen molar-refractivity contribution in [2.75, 3.05) is 25.0 Å². The molecule has 1 saturated heterocycles. The third-order valence-corrected chi connectivity index (χ3v) is 5.52. The zero-order valence-electron chi connectivity index (χ0n) is 15.7. The van der Waals surface area contributed by atoms with Crippen LogP contribution in [0.15, 0.2) is 24.3 Å². The van der Waals surface area contributed by atoms with Gasteiger partial charge in [0.05, 0.1) is 23.7 Å². The lowest BCUT2D eigenvalue weighted by molar-refractivity contribution is -0.140. The van der Waals surface area contributed by atoms with E-state index in [2.05, 4.69) is 16.2 Å². The van der Waals surface area contributed by atoms with Crippen LogP contribution in [0.25, 0.3) is 0 Å². The van der Waals surface area contributed by atoms with Gasteiger partial charge < -0.3 is 10.2 Å². The van der Waals surface area contributed by atoms with Crippen molar-refractivity contribution in [3.63, 3.8) is 0 Å². The van der Waals surface area contributed by atoms with Crippen molar-refractivity contribution in [3.05, 3.63) is 29.8 Å². The van der Waals surface area contributed by atoms with E-state index >= 15 is 0 Å². The number of fused-ring (bicyclic) bond motifs is 1. The molecule has 2 amide bonds. The fraction of sp³-hybridized carbons (Fsp3) is 0.579. The lowest BCUT2D eigenvalue weighted by atomic mass is 9.77. The van der Waals surface area contributed by atoms with Crippen molar-refractivity contribution in [1.29, 1.82) is 0 Å². The van der Waals surface area contributed by atoms with E-state index in [0.29, 0.717) is 12.5 Å². The zero-order valence-corrected chi connectivity index (χ0v) is 15.7. The van der Waals surface area contributed by atoms with Gasteiger partial charge in [-0.25, -0.2) is 0 Å². The molecule has 1 aromatic rings. The molecule has 154 valence electrons. The van der Waals surface area contributed by atoms with Crippen LogP contribution in [0.5, 0.6) is 0 Å². The minimum Gasteiger partial charge on any atom is -0.333 e. The quantitative estimate of drug-likeness (QED) is 0.712. The molecule has 9 heteroatoms. The molecule has 6 nitrogen and oxygen atoms in total. The Morgan fingerprint density at radius 3 is 2.71 bits per heavy atom. The van der Waals surface area contributed by atoms with Crippen molar-refractivity contribution in [3.8, 4) is 0 Å². The Hall–Kier alpha value is -2.13. The number of alkyl halides is 3. The van der Waals surface area contributed by atoms with Gasteiger partial charge in [-0.3, -0.25) is 20.4 Å². The van der Waals surface area contributed by atoms with Crippen LogP contribution in [0.1, 0.15) is 31.7 Å². The van der Waals surface area contributed by atoms with Crippen LogP contribution in [-0.4, -0.2) is 42.4 Å². The largest absolute Gasteiger partial charge is 0.418 e. The first kappa shape index (κ1) is 20.6. The first-order chi connectivity index (χ1) is 13.3. The van der Waals surface area contributed by atoms with E-state index in [1.54, 1.807) is 6.92 Å². The van der Waals surface area contributed by atoms with Crippen molar-refractivity contribution in [2.24, 2.45) is 11.8 Å². The van der Waals surface area contributed by atoms with E-state index in [1.165, 1.54) is 23.1 Å². The maximum absolute atomic E-state index is 13.1. The summed E-state index contributed by atoms with van der Waals surface area (Å²) in [5.74, 6) is -0.623. The zero-order chi connectivity index (χ0) is 20.3. The summed E-state index contributed by atoms with van der Waals surface area (Å²) in [7, 11) is 0. The van der Waals surface area contributed by atoms with Gasteiger partial charge in [-0.2, -0.15) is 13.2 Å². The van der Waals surface area contributed by atoms with Crippen molar-refractivity contribution in [1.82, 2.24) is 15.8 Å². The summed E-state index contributed by atoms with van der Waals surface area (Å²) < 4.78 is 39.3. The first-order valence-corrected chi connectivity index (χ1v) is 9.54. The number of amides is 2. The number of carbonyl (C=O) groups excluding carboxylic acids is 2. The van der Waals surface area contributed by atoms with Crippen LogP contribution in [0.2, 0.25) is 0 Å². The second-order valence-corrected chi connectivity index (χ2v) is 7.29. The second kappa shape index (κ2) is 8.48. The number of carbonyl (C=O) groups is 2. The van der Waals surface area contributed by atoms with Crippen LogP contribution in [0.3, 0.4) is 0 Å². The molecule has 2 fully saturated rings. The molecule has 28 heavy (non-hydrogen) atoms. The number of likely N-dealkylation sites (N-methyl/N-ethyl adjacent to an activating group) is 1. The molecule has 0 radical (unpaired) electrons. The minimum absolute atomic E-state index is 0.0318. The Kier molecular flexibility index (Phi) is 6.24. The summed E-state index contributed by atoms with van der Waals surface area (Å²) >= 11 is 0. The van der Waals surface area contributed by atoms with Crippen molar-refractivity contribution >= 4 is 17.5 Å². The summed E-state index contributed by atoms with van der Waals surface area (Å²) in [5, 5.41) is 2.31. The van der Waals surface area contributed by atoms with E-state index in [1.807, 2.05) is 0 Å². The number of rotatable bonds is 5. The van der Waals surface area contributed by atoms with Gasteiger partial charge in [-0.1, -0.05) is 18.6 Å². The van der Waals surface area contributed by atoms with Gasteiger partial charge in [0.1, 0.15) is 0 Å². The Morgan fingerprint density at radius 2 is 2.00 bits per heavy atom. The normalized spacial score (nSPS) is 24.5. The molecule has 1 aliphatic carbocycles. The molecule has 3 unspecified atom stereocenters. The molecular weight excluding hydrogens is 373 g/mol. The fourth-order valence-corrected chi connectivity index (χ4v) is 4.10. The lowest BCUT2D eigenvalue weighted by Gasteiger charge is -2.35. The molecule has 1 saturated carbocycles. The molecule has 1 heterocycles. The second-order valence-electron chi connectivity index (χ2n) is 7.29. The molecule has 3 atom stereocenters. The smallest absolute Gasteiger partial charge is 0.333 e. The third kappa shape index (κ3) is 4.47. The van der Waals surface area contributed by atoms with Crippen LogP contribution in [0.4, 0.5) is 18.9 Å². The highest BCUT2D eigenvalue weighted by molar-refractivity contribution is 5.95. The number of benzene rings is 1. The predicted octanol–water partition coefficient (Wildman–Crippen LogP) is 2.39. The first-order valence-electron chi connectivity index (χ1n) is 9.54. The summed E-state index contributed by atoms with van der Waals surface area (Å²) in [6, 6.07) is 4.85. The standard InChI is InChI=1S/C19H25F3N4O2/c1-2-26(18(28)13-7-5-6-12-10-23-25-17(12)13)11-16(27)24-15-9-4-3-8-14(15)19(20,21)22/h3-4,8-9,12-13,17,23,25H,2,5-7,10-11H2,1H3,(H,24,27). The van der Waals surface area contributed by atoms with Crippen LogP contribution in [0, 0.1) is 11.8 Å². The van der Waals surface area contributed by atoms with Crippen molar-refractivity contribution < 1.29 is 22.8 Å². The molecule has 0 spiro atoms. The molecule has 3 rings (SSSR count). The summed E-state index contributed by atoms with van der Waals surface area (Å²) in [6.45, 7) is 2.61. The highest BCUT2D eigenvalue weighted by Gasteiger charge is 2.41. The van der Waals surface area contributed by atoms with Crippen LogP contribution >= 0.6 is 0 Å². The molecule has 0 aromatic heterocycles. The summed E-state index contributed by atoms with van der Waals surface area (Å²) in [6.07, 6.45) is -1.83. The number of nitrogens with one attached hydrogen (secondary N) is 3. The van der Waals surface area contributed by atoms with Crippen molar-refractivity contribution in [2.45, 2.75) is 38.4 Å². The van der Waals surface area contributed by atoms with Gasteiger partial charge in [0.15, 0.2) is 0 Å². The molecule has 0 bridgehead atoms. The van der Waals surface area contributed by atoms with Crippen LogP contribution in [-0.2, 0) is 15.8 Å². The number of anilines is 1. The molecule has 1 aromatic carbocycles. The molecule has 1 aliphatic heterocycles. The van der Waals surface area contributed by atoms with Gasteiger partial charge in [-0.05, 0) is 37.8 Å². The molecule has 2 aliphatic rings. The van der Waals surface area contributed by atoms with E-state index in [-0.39, 0.29) is 30.1 Å². The maximum atomic E-state index is 13.1. The fourth-order valence-electron chi connectivity index (χ4n) is 4.10. The van der Waals surface area contributed by atoms with E-state index in [9.17, 15) is 22.8 Å². The van der Waals surface area contributed by atoms with E-state index < -0.39 is 17.6 Å². The number of halogens is 3. The highest BCUT2D eigenvalue weighted by Crippen LogP contribution is 2.35. The summed E-state index contributed by atoms with van der Waals surface area (Å²) in [5.41, 5.74) is 5.04. The summed E-state index contributed by atoms with van der Waals surface area (Å²) in [4.78, 5) is 26.8. The van der Waals surface area contributed by atoms with Gasteiger partial charge in [0.25, 0.3) is 0 Å². The van der Waals surface area contributed by atoms with Gasteiger partial charge in [-0.15, -0.1) is 0 Å². The average molecular weight is 398 g/mol. The van der Waals surface area contributed by atoms with Gasteiger partial charge in [0, 0.05) is 19.1 Å². The number of hydrogen-bond acceptors (Lipinski definition) is 4. The monoisotopic (exact) mass is 398 g/mol. The van der Waals surface area contributed by atoms with Gasteiger partial charge in [0.2, 0.25) is 11.8 Å². The Balaban J connectivity index is 1.66. The van der Waals surface area contributed by atoms with Gasteiger partial charge >= 0.3 is 6.18 Å². The number of nitrogens with zero attached hydrogens (tertiary/aromatic N) is 1. The lowest BCUT2D eigenvalue weighted by Crippen LogP contribution is -2.50. The maximum Gasteiger partial charge on any atom is 0.418 e. The number of hydrogen-bond donors (Lipinski definition) is 3. The SMILES string of the molecule is CCN(CC(=O)Nc1ccccc1C(F)(F)F)C(=O)C1CCCC2CNNC21. The Morgan fingerprint density at radius 1 is 1.25 bits per heavy atom. The molecule has 3 N–H and O–H groups in total. The van der Waals surface area contributed by atoms with E-state index in [0.717, 1.165) is 31.9 Å². The number of hydrazine groups is 1. The third-order valence-electron chi connectivity index (χ3n) is 5.52. The highest BCUT2D eigenvalue weighted by atomic mass is 19.4. The topological polar surface area (TPSA) is 73.5 Å². The Bertz CT molecular complexity index is 725. The predicted molar refractivity (Wildman–Crippen MR) is 98.1 cm³/mol.